The standard InChI is InChI=1S/C14H21NO2S/c1-4-17-14(16)13(15-10-11(2)18-3)12-8-6-5-7-9-12/h5-9,11,13,15H,4,10H2,1-3H3. The van der Waals surface area contributed by atoms with Crippen LogP contribution in [0.2, 0.25) is 0 Å². The van der Waals surface area contributed by atoms with Gasteiger partial charge in [-0.05, 0) is 18.7 Å². The predicted molar refractivity (Wildman–Crippen MR) is 76.8 cm³/mol. The first-order chi connectivity index (χ1) is 8.69. The Labute approximate surface area is 113 Å². The second-order valence-corrected chi connectivity index (χ2v) is 5.33. The maximum atomic E-state index is 12.0. The van der Waals surface area contributed by atoms with E-state index in [4.69, 9.17) is 4.74 Å². The molecule has 2 unspecified atom stereocenters. The SMILES string of the molecule is CCOC(=O)C(NCC(C)SC)c1ccccc1. The summed E-state index contributed by atoms with van der Waals surface area (Å²) in [5, 5.41) is 3.74. The van der Waals surface area contributed by atoms with Crippen molar-refractivity contribution >= 4 is 17.7 Å². The Morgan fingerprint density at radius 2 is 2.06 bits per heavy atom. The summed E-state index contributed by atoms with van der Waals surface area (Å²) in [5.74, 6) is -0.211. The first-order valence-corrected chi connectivity index (χ1v) is 7.45. The van der Waals surface area contributed by atoms with Gasteiger partial charge in [-0.3, -0.25) is 5.32 Å². The van der Waals surface area contributed by atoms with Crippen molar-refractivity contribution in [2.75, 3.05) is 19.4 Å². The van der Waals surface area contributed by atoms with E-state index in [1.807, 2.05) is 37.3 Å². The minimum atomic E-state index is -0.374. The van der Waals surface area contributed by atoms with Crippen molar-refractivity contribution in [1.82, 2.24) is 5.32 Å². The van der Waals surface area contributed by atoms with Crippen LogP contribution in [0.3, 0.4) is 0 Å². The first kappa shape index (κ1) is 15.1. The van der Waals surface area contributed by atoms with Crippen LogP contribution in [0.4, 0.5) is 0 Å². The van der Waals surface area contributed by atoms with Crippen LogP contribution in [0, 0.1) is 0 Å². The molecule has 2 atom stereocenters. The lowest BCUT2D eigenvalue weighted by molar-refractivity contribution is -0.145. The highest BCUT2D eigenvalue weighted by Gasteiger charge is 2.21. The number of nitrogens with one attached hydrogen (secondary N) is 1. The van der Waals surface area contributed by atoms with Gasteiger partial charge in [-0.25, -0.2) is 4.79 Å². The number of ether oxygens (including phenoxy) is 1. The Morgan fingerprint density at radius 1 is 1.39 bits per heavy atom. The van der Waals surface area contributed by atoms with Gasteiger partial charge in [0, 0.05) is 11.8 Å². The summed E-state index contributed by atoms with van der Waals surface area (Å²) >= 11 is 1.77. The molecule has 0 aliphatic carbocycles. The van der Waals surface area contributed by atoms with Gasteiger partial charge in [0.15, 0.2) is 0 Å². The van der Waals surface area contributed by atoms with Gasteiger partial charge >= 0.3 is 5.97 Å². The zero-order valence-electron chi connectivity index (χ0n) is 11.2. The molecule has 18 heavy (non-hydrogen) atoms. The van der Waals surface area contributed by atoms with Gasteiger partial charge in [0.25, 0.3) is 0 Å². The minimum Gasteiger partial charge on any atom is -0.465 e. The van der Waals surface area contributed by atoms with Crippen LogP contribution in [0.25, 0.3) is 0 Å². The molecule has 0 saturated heterocycles. The summed E-state index contributed by atoms with van der Waals surface area (Å²) in [6.07, 6.45) is 2.06. The monoisotopic (exact) mass is 267 g/mol. The third kappa shape index (κ3) is 4.70. The summed E-state index contributed by atoms with van der Waals surface area (Å²) in [6.45, 7) is 5.14. The molecule has 0 spiro atoms. The van der Waals surface area contributed by atoms with Crippen LogP contribution in [0.1, 0.15) is 25.5 Å². The fourth-order valence-electron chi connectivity index (χ4n) is 1.58. The molecule has 1 aromatic carbocycles. The molecular weight excluding hydrogens is 246 g/mol. The smallest absolute Gasteiger partial charge is 0.327 e. The van der Waals surface area contributed by atoms with Crippen LogP contribution in [-0.2, 0) is 9.53 Å². The topological polar surface area (TPSA) is 38.3 Å². The van der Waals surface area contributed by atoms with Crippen LogP contribution < -0.4 is 5.32 Å². The van der Waals surface area contributed by atoms with Crippen molar-refractivity contribution in [1.29, 1.82) is 0 Å². The Morgan fingerprint density at radius 3 is 2.61 bits per heavy atom. The van der Waals surface area contributed by atoms with E-state index < -0.39 is 0 Å². The molecule has 0 bridgehead atoms. The van der Waals surface area contributed by atoms with E-state index in [9.17, 15) is 4.79 Å². The molecule has 1 aromatic rings. The minimum absolute atomic E-state index is 0.211. The molecule has 3 nitrogen and oxygen atoms in total. The highest BCUT2D eigenvalue weighted by Crippen LogP contribution is 2.15. The number of hydrogen-bond donors (Lipinski definition) is 1. The summed E-state index contributed by atoms with van der Waals surface area (Å²) in [4.78, 5) is 12.0. The molecule has 0 fully saturated rings. The van der Waals surface area contributed by atoms with Crippen molar-refractivity contribution in [2.45, 2.75) is 25.1 Å². The Hall–Kier alpha value is -1.00. The molecular formula is C14H21NO2S. The summed E-state index contributed by atoms with van der Waals surface area (Å²) in [5.41, 5.74) is 0.948. The van der Waals surface area contributed by atoms with E-state index in [-0.39, 0.29) is 12.0 Å². The number of benzene rings is 1. The molecule has 0 aliphatic rings. The Kier molecular flexibility index (Phi) is 6.83. The number of rotatable bonds is 7. The number of carbonyl (C=O) groups excluding carboxylic acids is 1. The summed E-state index contributed by atoms with van der Waals surface area (Å²) in [7, 11) is 0. The number of hydrogen-bond acceptors (Lipinski definition) is 4. The number of carbonyl (C=O) groups is 1. The van der Waals surface area contributed by atoms with E-state index in [0.717, 1.165) is 12.1 Å². The molecule has 4 heteroatoms. The van der Waals surface area contributed by atoms with Gasteiger partial charge < -0.3 is 4.74 Å². The maximum absolute atomic E-state index is 12.0. The lowest BCUT2D eigenvalue weighted by Crippen LogP contribution is -2.34. The lowest BCUT2D eigenvalue weighted by atomic mass is 10.1. The quantitative estimate of drug-likeness (QED) is 0.771. The molecule has 1 N–H and O–H groups in total. The van der Waals surface area contributed by atoms with Gasteiger partial charge in [0.1, 0.15) is 6.04 Å². The van der Waals surface area contributed by atoms with Crippen LogP contribution >= 0.6 is 11.8 Å². The van der Waals surface area contributed by atoms with Crippen LogP contribution in [0.15, 0.2) is 30.3 Å². The highest BCUT2D eigenvalue weighted by molar-refractivity contribution is 7.99. The van der Waals surface area contributed by atoms with Crippen LogP contribution in [-0.4, -0.2) is 30.6 Å². The zero-order valence-corrected chi connectivity index (χ0v) is 12.0. The van der Waals surface area contributed by atoms with E-state index in [1.165, 1.54) is 0 Å². The molecule has 0 saturated carbocycles. The lowest BCUT2D eigenvalue weighted by Gasteiger charge is -2.19. The average Bonchev–Trinajstić information content (AvgIpc) is 2.40. The van der Waals surface area contributed by atoms with Gasteiger partial charge in [-0.15, -0.1) is 0 Å². The molecule has 0 radical (unpaired) electrons. The molecule has 0 aromatic heterocycles. The van der Waals surface area contributed by atoms with E-state index in [0.29, 0.717) is 11.9 Å². The fraction of sp³-hybridized carbons (Fsp3) is 0.500. The number of thioether (sulfide) groups is 1. The van der Waals surface area contributed by atoms with Crippen molar-refractivity contribution in [2.24, 2.45) is 0 Å². The largest absolute Gasteiger partial charge is 0.465 e. The third-order valence-electron chi connectivity index (χ3n) is 2.67. The molecule has 0 amide bonds. The van der Waals surface area contributed by atoms with Gasteiger partial charge in [-0.2, -0.15) is 11.8 Å². The van der Waals surface area contributed by atoms with Crippen molar-refractivity contribution in [3.8, 4) is 0 Å². The normalized spacial score (nSPS) is 13.9. The van der Waals surface area contributed by atoms with Crippen LogP contribution in [0.5, 0.6) is 0 Å². The zero-order chi connectivity index (χ0) is 13.4. The van der Waals surface area contributed by atoms with Gasteiger partial charge in [-0.1, -0.05) is 37.3 Å². The Bertz CT molecular complexity index is 356. The molecule has 100 valence electrons. The van der Waals surface area contributed by atoms with E-state index in [2.05, 4.69) is 18.5 Å². The van der Waals surface area contributed by atoms with Gasteiger partial charge in [0.2, 0.25) is 0 Å². The molecule has 0 aliphatic heterocycles. The predicted octanol–water partition coefficient (Wildman–Crippen LogP) is 2.63. The molecule has 1 rings (SSSR count). The summed E-state index contributed by atoms with van der Waals surface area (Å²) < 4.78 is 5.12. The Balaban J connectivity index is 2.72. The van der Waals surface area contributed by atoms with Crippen molar-refractivity contribution in [3.63, 3.8) is 0 Å². The highest BCUT2D eigenvalue weighted by atomic mass is 32.2. The summed E-state index contributed by atoms with van der Waals surface area (Å²) in [6, 6.07) is 9.32. The van der Waals surface area contributed by atoms with Crippen molar-refractivity contribution < 1.29 is 9.53 Å². The van der Waals surface area contributed by atoms with E-state index in [1.54, 1.807) is 11.8 Å². The third-order valence-corrected chi connectivity index (χ3v) is 3.64. The maximum Gasteiger partial charge on any atom is 0.327 e. The average molecular weight is 267 g/mol. The first-order valence-electron chi connectivity index (χ1n) is 6.16. The van der Waals surface area contributed by atoms with Crippen molar-refractivity contribution in [3.05, 3.63) is 35.9 Å². The fourth-order valence-corrected chi connectivity index (χ4v) is 1.84. The van der Waals surface area contributed by atoms with Gasteiger partial charge in [0.05, 0.1) is 6.61 Å². The second-order valence-electron chi connectivity index (χ2n) is 4.05. The second kappa shape index (κ2) is 8.16. The van der Waals surface area contributed by atoms with E-state index >= 15 is 0 Å². The number of esters is 1. The molecule has 0 heterocycles.